The number of aromatic nitrogens is 2. The summed E-state index contributed by atoms with van der Waals surface area (Å²) in [6, 6.07) is 0.698. The third-order valence-corrected chi connectivity index (χ3v) is 4.19. The largest absolute Gasteiger partial charge is 0.338 e. The van der Waals surface area contributed by atoms with Crippen LogP contribution in [0.3, 0.4) is 0 Å². The fourth-order valence-electron chi connectivity index (χ4n) is 3.07. The second-order valence-electron chi connectivity index (χ2n) is 5.57. The molecule has 17 heavy (non-hydrogen) atoms. The van der Waals surface area contributed by atoms with Gasteiger partial charge in [-0.3, -0.25) is 0 Å². The van der Waals surface area contributed by atoms with E-state index in [0.29, 0.717) is 6.04 Å². The number of rotatable bonds is 4. The Labute approximate surface area is 105 Å². The van der Waals surface area contributed by atoms with E-state index in [1.807, 2.05) is 12.4 Å². The molecule has 3 heteroatoms. The van der Waals surface area contributed by atoms with Gasteiger partial charge in [0.15, 0.2) is 0 Å². The lowest BCUT2D eigenvalue weighted by Crippen LogP contribution is -2.43. The maximum Gasteiger partial charge on any atom is 0.109 e. The summed E-state index contributed by atoms with van der Waals surface area (Å²) in [5.74, 6) is 2.81. The van der Waals surface area contributed by atoms with Crippen LogP contribution in [0, 0.1) is 11.8 Å². The molecule has 1 aromatic rings. The molecule has 0 amide bonds. The Hall–Kier alpha value is -0.830. The van der Waals surface area contributed by atoms with Gasteiger partial charge in [-0.15, -0.1) is 0 Å². The Morgan fingerprint density at radius 1 is 1.35 bits per heavy atom. The maximum absolute atomic E-state index is 4.36. The van der Waals surface area contributed by atoms with E-state index in [4.69, 9.17) is 0 Å². The van der Waals surface area contributed by atoms with Crippen molar-refractivity contribution in [1.29, 1.82) is 0 Å². The highest BCUT2D eigenvalue weighted by molar-refractivity contribution is 4.92. The van der Waals surface area contributed by atoms with Crippen molar-refractivity contribution in [2.24, 2.45) is 18.9 Å². The first-order chi connectivity index (χ1) is 8.18. The molecule has 1 heterocycles. The van der Waals surface area contributed by atoms with Crippen LogP contribution in [0.2, 0.25) is 0 Å². The van der Waals surface area contributed by atoms with Gasteiger partial charge in [0.05, 0.1) is 0 Å². The zero-order chi connectivity index (χ0) is 12.3. The van der Waals surface area contributed by atoms with Crippen molar-refractivity contribution in [3.63, 3.8) is 0 Å². The third-order valence-electron chi connectivity index (χ3n) is 4.19. The van der Waals surface area contributed by atoms with Crippen molar-refractivity contribution in [2.45, 2.75) is 45.6 Å². The number of nitrogens with one attached hydrogen (secondary N) is 1. The molecule has 1 aromatic heterocycles. The van der Waals surface area contributed by atoms with Gasteiger partial charge < -0.3 is 9.88 Å². The van der Waals surface area contributed by atoms with Crippen LogP contribution in [0.1, 0.15) is 38.9 Å². The van der Waals surface area contributed by atoms with E-state index in [-0.39, 0.29) is 0 Å². The third kappa shape index (κ3) is 3.09. The van der Waals surface area contributed by atoms with Crippen molar-refractivity contribution in [1.82, 2.24) is 14.9 Å². The summed E-state index contributed by atoms with van der Waals surface area (Å²) in [7, 11) is 2.06. The van der Waals surface area contributed by atoms with Crippen LogP contribution >= 0.6 is 0 Å². The quantitative estimate of drug-likeness (QED) is 0.868. The van der Waals surface area contributed by atoms with Crippen molar-refractivity contribution in [2.75, 3.05) is 6.54 Å². The van der Waals surface area contributed by atoms with Crippen molar-refractivity contribution in [3.8, 4) is 0 Å². The topological polar surface area (TPSA) is 29.9 Å². The first kappa shape index (κ1) is 12.6. The molecule has 96 valence electrons. The molecule has 0 bridgehead atoms. The molecule has 2 atom stereocenters. The number of hydrogen-bond acceptors (Lipinski definition) is 2. The Kier molecular flexibility index (Phi) is 4.21. The average Bonchev–Trinajstić information content (AvgIpc) is 2.69. The van der Waals surface area contributed by atoms with E-state index >= 15 is 0 Å². The van der Waals surface area contributed by atoms with E-state index in [0.717, 1.165) is 24.8 Å². The molecule has 1 saturated carbocycles. The first-order valence-corrected chi connectivity index (χ1v) is 6.88. The molecule has 2 rings (SSSR count). The van der Waals surface area contributed by atoms with Crippen LogP contribution < -0.4 is 5.32 Å². The molecule has 1 aliphatic rings. The zero-order valence-corrected chi connectivity index (χ0v) is 11.3. The minimum absolute atomic E-state index is 0.698. The van der Waals surface area contributed by atoms with Crippen LogP contribution in [0.25, 0.3) is 0 Å². The molecule has 0 radical (unpaired) electrons. The molecule has 1 fully saturated rings. The molecule has 0 aromatic carbocycles. The SMILES string of the molecule is CC1CCCC(C)C1NCCc1nccn1C. The van der Waals surface area contributed by atoms with E-state index < -0.39 is 0 Å². The number of nitrogens with zero attached hydrogens (tertiary/aromatic N) is 2. The van der Waals surface area contributed by atoms with Gasteiger partial charge in [0.1, 0.15) is 5.82 Å². The molecular formula is C14H25N3. The molecule has 2 unspecified atom stereocenters. The highest BCUT2D eigenvalue weighted by Crippen LogP contribution is 2.28. The predicted octanol–water partition coefficient (Wildman–Crippen LogP) is 2.38. The molecule has 1 aliphatic carbocycles. The number of hydrogen-bond donors (Lipinski definition) is 1. The smallest absolute Gasteiger partial charge is 0.109 e. The molecule has 0 aliphatic heterocycles. The summed E-state index contributed by atoms with van der Waals surface area (Å²) in [5.41, 5.74) is 0. The van der Waals surface area contributed by atoms with E-state index in [9.17, 15) is 0 Å². The standard InChI is InChI=1S/C14H25N3/c1-11-5-4-6-12(2)14(11)16-8-7-13-15-9-10-17(13)3/h9-12,14,16H,4-8H2,1-3H3. The van der Waals surface area contributed by atoms with Crippen molar-refractivity contribution < 1.29 is 0 Å². The Balaban J connectivity index is 1.79. The summed E-state index contributed by atoms with van der Waals surface area (Å²) in [4.78, 5) is 4.36. The molecule has 1 N–H and O–H groups in total. The van der Waals surface area contributed by atoms with Crippen molar-refractivity contribution in [3.05, 3.63) is 18.2 Å². The van der Waals surface area contributed by atoms with Crippen molar-refractivity contribution >= 4 is 0 Å². The average molecular weight is 235 g/mol. The van der Waals surface area contributed by atoms with E-state index in [2.05, 4.69) is 35.8 Å². The van der Waals surface area contributed by atoms with Gasteiger partial charge in [-0.1, -0.05) is 20.3 Å². The number of imidazole rings is 1. The fraction of sp³-hybridized carbons (Fsp3) is 0.786. The maximum atomic E-state index is 4.36. The summed E-state index contributed by atoms with van der Waals surface area (Å²) in [5, 5.41) is 3.73. The van der Waals surface area contributed by atoms with Gasteiger partial charge >= 0.3 is 0 Å². The summed E-state index contributed by atoms with van der Waals surface area (Å²) >= 11 is 0. The second-order valence-corrected chi connectivity index (χ2v) is 5.57. The Bertz CT molecular complexity index is 335. The normalized spacial score (nSPS) is 29.5. The lowest BCUT2D eigenvalue weighted by Gasteiger charge is -2.35. The van der Waals surface area contributed by atoms with E-state index in [1.54, 1.807) is 0 Å². The van der Waals surface area contributed by atoms with Gasteiger partial charge in [0.2, 0.25) is 0 Å². The summed E-state index contributed by atoms with van der Waals surface area (Å²) in [6.45, 7) is 5.81. The van der Waals surface area contributed by atoms with E-state index in [1.165, 1.54) is 25.1 Å². The molecule has 0 spiro atoms. The fourth-order valence-corrected chi connectivity index (χ4v) is 3.07. The monoisotopic (exact) mass is 235 g/mol. The predicted molar refractivity (Wildman–Crippen MR) is 70.9 cm³/mol. The minimum atomic E-state index is 0.698. The van der Waals surface area contributed by atoms with Gasteiger partial charge in [-0.2, -0.15) is 0 Å². The summed E-state index contributed by atoms with van der Waals surface area (Å²) < 4.78 is 2.11. The summed E-state index contributed by atoms with van der Waals surface area (Å²) in [6.07, 6.45) is 9.08. The first-order valence-electron chi connectivity index (χ1n) is 6.88. The lowest BCUT2D eigenvalue weighted by atomic mass is 9.79. The zero-order valence-electron chi connectivity index (χ0n) is 11.3. The van der Waals surface area contributed by atoms with Gasteiger partial charge in [0.25, 0.3) is 0 Å². The highest BCUT2D eigenvalue weighted by Gasteiger charge is 2.26. The van der Waals surface area contributed by atoms with Crippen LogP contribution in [-0.2, 0) is 13.5 Å². The van der Waals surface area contributed by atoms with Gasteiger partial charge in [-0.25, -0.2) is 4.98 Å². The van der Waals surface area contributed by atoms with Crippen LogP contribution in [0.5, 0.6) is 0 Å². The highest BCUT2D eigenvalue weighted by atomic mass is 15.0. The Morgan fingerprint density at radius 2 is 2.06 bits per heavy atom. The Morgan fingerprint density at radius 3 is 2.65 bits per heavy atom. The van der Waals surface area contributed by atoms with Crippen LogP contribution in [-0.4, -0.2) is 22.1 Å². The van der Waals surface area contributed by atoms with Gasteiger partial charge in [0, 0.05) is 38.4 Å². The molecular weight excluding hydrogens is 210 g/mol. The molecule has 3 nitrogen and oxygen atoms in total. The van der Waals surface area contributed by atoms with Crippen LogP contribution in [0.4, 0.5) is 0 Å². The lowest BCUT2D eigenvalue weighted by molar-refractivity contribution is 0.210. The molecule has 0 saturated heterocycles. The second kappa shape index (κ2) is 5.67. The number of aryl methyl sites for hydroxylation is 1. The van der Waals surface area contributed by atoms with Gasteiger partial charge in [-0.05, 0) is 24.7 Å². The minimum Gasteiger partial charge on any atom is -0.338 e. The van der Waals surface area contributed by atoms with Crippen LogP contribution in [0.15, 0.2) is 12.4 Å².